The summed E-state index contributed by atoms with van der Waals surface area (Å²) in [7, 11) is -6.03. The molecule has 0 aromatic heterocycles. The Labute approximate surface area is 240 Å². The lowest BCUT2D eigenvalue weighted by atomic mass is 9.84. The van der Waals surface area contributed by atoms with Gasteiger partial charge in [-0.3, -0.25) is 0 Å². The molecule has 13 heteroatoms. The second-order valence-electron chi connectivity index (χ2n) is 10.7. The molecule has 0 spiro atoms. The van der Waals surface area contributed by atoms with Gasteiger partial charge in [-0.25, -0.2) is 12.6 Å². The van der Waals surface area contributed by atoms with Crippen LogP contribution < -0.4 is 0 Å². The minimum Gasteiger partial charge on any atom is -0.394 e. The largest absolute Gasteiger partial charge is 0.394 e. The van der Waals surface area contributed by atoms with Crippen molar-refractivity contribution >= 4 is 20.0 Å². The Morgan fingerprint density at radius 1 is 0.805 bits per heavy atom. The van der Waals surface area contributed by atoms with Gasteiger partial charge in [0.2, 0.25) is 11.6 Å². The summed E-state index contributed by atoms with van der Waals surface area (Å²) in [4.78, 5) is -0.262. The van der Waals surface area contributed by atoms with E-state index in [1.165, 1.54) is 38.5 Å². The molecule has 0 bridgehead atoms. The predicted octanol–water partition coefficient (Wildman–Crippen LogP) is 2.61. The minimum atomic E-state index is -4.51. The number of aliphatic hydroxyl groups excluding tert-OH is 1. The van der Waals surface area contributed by atoms with Crippen LogP contribution in [-0.4, -0.2) is 84.2 Å². The van der Waals surface area contributed by atoms with E-state index in [4.69, 9.17) is 27.9 Å². The van der Waals surface area contributed by atoms with Crippen LogP contribution in [-0.2, 0) is 47.8 Å². The molecule has 2 aliphatic heterocycles. The molecule has 2 heterocycles. The van der Waals surface area contributed by atoms with E-state index >= 15 is 0 Å². The Kier molecular flexibility index (Phi) is 8.40. The van der Waals surface area contributed by atoms with E-state index < -0.39 is 68.0 Å². The van der Waals surface area contributed by atoms with Crippen molar-refractivity contribution in [2.24, 2.45) is 0 Å². The Balaban J connectivity index is 1.63. The zero-order valence-electron chi connectivity index (χ0n) is 23.4. The lowest BCUT2D eigenvalue weighted by Gasteiger charge is -2.60. The first kappa shape index (κ1) is 30.5. The molecule has 1 aliphatic carbocycles. The first-order valence-electron chi connectivity index (χ1n) is 13.4. The highest BCUT2D eigenvalue weighted by Gasteiger charge is 2.68. The fourth-order valence-electron chi connectivity index (χ4n) is 5.92. The summed E-state index contributed by atoms with van der Waals surface area (Å²) in [6.07, 6.45) is -3.47. The van der Waals surface area contributed by atoms with Crippen LogP contribution in [0.4, 0.5) is 0 Å². The van der Waals surface area contributed by atoms with E-state index in [0.717, 1.165) is 17.5 Å². The molecule has 2 saturated heterocycles. The van der Waals surface area contributed by atoms with Crippen LogP contribution in [0.25, 0.3) is 0 Å². The molecule has 3 aliphatic rings. The molecule has 11 nitrogen and oxygen atoms in total. The highest BCUT2D eigenvalue weighted by atomic mass is 32.2. The van der Waals surface area contributed by atoms with E-state index in [1.807, 2.05) is 6.92 Å². The molecule has 7 atom stereocenters. The van der Waals surface area contributed by atoms with Crippen molar-refractivity contribution in [3.63, 3.8) is 0 Å². The first-order chi connectivity index (χ1) is 19.4. The predicted molar refractivity (Wildman–Crippen MR) is 145 cm³/mol. The van der Waals surface area contributed by atoms with Gasteiger partial charge in [0.15, 0.2) is 16.1 Å². The van der Waals surface area contributed by atoms with E-state index in [2.05, 4.69) is 0 Å². The molecule has 1 N–H and O–H groups in total. The number of aryl methyl sites for hydroxylation is 2. The highest BCUT2D eigenvalue weighted by Crippen LogP contribution is 2.52. The number of benzene rings is 2. The minimum absolute atomic E-state index is 0.0819. The lowest BCUT2D eigenvalue weighted by Crippen LogP contribution is -2.76. The summed E-state index contributed by atoms with van der Waals surface area (Å²) in [5, 5.41) is 8.60. The Bertz CT molecular complexity index is 1440. The molecule has 5 rings (SSSR count). The van der Waals surface area contributed by atoms with Crippen LogP contribution in [0.15, 0.2) is 58.3 Å². The second kappa shape index (κ2) is 11.3. The van der Waals surface area contributed by atoms with Crippen molar-refractivity contribution < 1.29 is 49.8 Å². The maximum absolute atomic E-state index is 14.3. The van der Waals surface area contributed by atoms with Gasteiger partial charge in [-0.2, -0.15) is 8.42 Å². The number of sulfone groups is 1. The lowest BCUT2D eigenvalue weighted by molar-refractivity contribution is -0.485. The van der Waals surface area contributed by atoms with Gasteiger partial charge in [-0.05, 0) is 51.0 Å². The zero-order valence-corrected chi connectivity index (χ0v) is 25.0. The SMILES string of the molecule is CO[C@]12CCCC[C@]1(OC)O[C@H]1[C@H](O2)[C@@H](S(=O)(=O)c2ccc(C)cc2)[C@H](OS(=O)(=O)c2ccc(C)cc2)O[C@@H]1CO. The van der Waals surface area contributed by atoms with Crippen LogP contribution in [0.5, 0.6) is 0 Å². The number of rotatable bonds is 8. The van der Waals surface area contributed by atoms with Crippen LogP contribution in [0, 0.1) is 13.8 Å². The van der Waals surface area contributed by atoms with Crippen LogP contribution in [0.1, 0.15) is 36.8 Å². The van der Waals surface area contributed by atoms with Gasteiger partial charge in [0.1, 0.15) is 23.6 Å². The quantitative estimate of drug-likeness (QED) is 0.439. The van der Waals surface area contributed by atoms with Gasteiger partial charge in [0.05, 0.1) is 16.4 Å². The van der Waals surface area contributed by atoms with Crippen LogP contribution in [0.2, 0.25) is 0 Å². The third-order valence-electron chi connectivity index (χ3n) is 8.16. The van der Waals surface area contributed by atoms with Gasteiger partial charge in [0.25, 0.3) is 10.1 Å². The number of methoxy groups -OCH3 is 2. The van der Waals surface area contributed by atoms with Gasteiger partial charge >= 0.3 is 0 Å². The average molecular weight is 613 g/mol. The van der Waals surface area contributed by atoms with Crippen LogP contribution >= 0.6 is 0 Å². The maximum atomic E-state index is 14.3. The summed E-state index contributed by atoms with van der Waals surface area (Å²) in [5.41, 5.74) is 1.66. The third-order valence-corrected chi connectivity index (χ3v) is 11.6. The molecule has 2 aromatic rings. The molecule has 0 unspecified atom stereocenters. The van der Waals surface area contributed by atoms with Crippen molar-refractivity contribution in [2.45, 2.75) is 90.7 Å². The fourth-order valence-corrected chi connectivity index (χ4v) is 8.79. The maximum Gasteiger partial charge on any atom is 0.299 e. The molecule has 1 saturated carbocycles. The average Bonchev–Trinajstić information content (AvgIpc) is 2.95. The second-order valence-corrected chi connectivity index (χ2v) is 14.4. The summed E-state index contributed by atoms with van der Waals surface area (Å²) in [6, 6.07) is 12.0. The molecule has 41 heavy (non-hydrogen) atoms. The van der Waals surface area contributed by atoms with Crippen molar-refractivity contribution in [3.05, 3.63) is 59.7 Å². The molecule has 2 aromatic carbocycles. The number of aliphatic hydroxyl groups is 1. The van der Waals surface area contributed by atoms with Crippen molar-refractivity contribution in [1.29, 1.82) is 0 Å². The topological polar surface area (TPSA) is 144 Å². The van der Waals surface area contributed by atoms with E-state index in [9.17, 15) is 21.9 Å². The third kappa shape index (κ3) is 5.25. The van der Waals surface area contributed by atoms with E-state index in [0.29, 0.717) is 19.3 Å². The Morgan fingerprint density at radius 3 is 1.78 bits per heavy atom. The number of ether oxygens (including phenoxy) is 5. The van der Waals surface area contributed by atoms with Gasteiger partial charge < -0.3 is 28.8 Å². The molecule has 0 radical (unpaired) electrons. The first-order valence-corrected chi connectivity index (χ1v) is 16.4. The van der Waals surface area contributed by atoms with Gasteiger partial charge in [-0.15, -0.1) is 0 Å². The van der Waals surface area contributed by atoms with E-state index in [-0.39, 0.29) is 9.79 Å². The van der Waals surface area contributed by atoms with Crippen molar-refractivity contribution in [3.8, 4) is 0 Å². The molecular formula is C28H36O11S2. The summed E-state index contributed by atoms with van der Waals surface area (Å²) >= 11 is 0. The number of hydrogen-bond acceptors (Lipinski definition) is 11. The van der Waals surface area contributed by atoms with Crippen LogP contribution in [0.3, 0.4) is 0 Å². The Morgan fingerprint density at radius 2 is 1.29 bits per heavy atom. The highest BCUT2D eigenvalue weighted by molar-refractivity contribution is 7.92. The van der Waals surface area contributed by atoms with Crippen molar-refractivity contribution in [2.75, 3.05) is 20.8 Å². The number of hydrogen-bond donors (Lipinski definition) is 1. The van der Waals surface area contributed by atoms with Crippen molar-refractivity contribution in [1.82, 2.24) is 0 Å². The summed E-state index contributed by atoms with van der Waals surface area (Å²) < 4.78 is 91.6. The standard InChI is InChI=1S/C28H36O11S2/c1-18-7-11-20(12-8-18)40(30,31)25-24-23(37-27(34-3)15-5-6-16-28(27,35-4)38-24)22(17-29)36-26(25)39-41(32,33)21-13-9-19(2)10-14-21/h7-14,22-26,29H,5-6,15-17H2,1-4H3/t22-,23-,24+,25-,26+,27+,28+/m1/s1. The van der Waals surface area contributed by atoms with Gasteiger partial charge in [0, 0.05) is 27.1 Å². The zero-order chi connectivity index (χ0) is 29.6. The summed E-state index contributed by atoms with van der Waals surface area (Å²) in [6.45, 7) is 2.98. The van der Waals surface area contributed by atoms with E-state index in [1.54, 1.807) is 31.2 Å². The normalized spacial score (nSPS) is 34.0. The molecule has 3 fully saturated rings. The van der Waals surface area contributed by atoms with Gasteiger partial charge in [-0.1, -0.05) is 35.4 Å². The Hall–Kier alpha value is -1.94. The smallest absolute Gasteiger partial charge is 0.299 e. The monoisotopic (exact) mass is 612 g/mol. The molecule has 226 valence electrons. The number of fused-ring (bicyclic) bond motifs is 2. The summed E-state index contributed by atoms with van der Waals surface area (Å²) in [5.74, 6) is -2.91. The molecule has 0 amide bonds. The molecular weight excluding hydrogens is 576 g/mol. The fraction of sp³-hybridized carbons (Fsp3) is 0.571.